The molecule has 0 saturated carbocycles. The fraction of sp³-hybridized carbons (Fsp3) is 0.600. The van der Waals surface area contributed by atoms with Crippen LogP contribution in [0.5, 0.6) is 11.5 Å². The molecule has 1 unspecified atom stereocenters. The lowest BCUT2D eigenvalue weighted by Crippen LogP contribution is -2.52. The van der Waals surface area contributed by atoms with Crippen LogP contribution < -0.4 is 15.2 Å². The molecule has 1 aromatic rings. The van der Waals surface area contributed by atoms with Gasteiger partial charge in [-0.1, -0.05) is 6.92 Å². The standard InChI is InChI=1S/C15H25NO3/c1-14(2,16)15(3,8-9-17)12-10-11(18-4)6-7-13(12)19-5/h6-7,10,17H,8-9,16H2,1-5H3. The van der Waals surface area contributed by atoms with Crippen molar-refractivity contribution < 1.29 is 14.6 Å². The lowest BCUT2D eigenvalue weighted by atomic mass is 9.66. The van der Waals surface area contributed by atoms with Crippen LogP contribution in [-0.4, -0.2) is 31.5 Å². The van der Waals surface area contributed by atoms with Crippen LogP contribution in [0.4, 0.5) is 0 Å². The summed E-state index contributed by atoms with van der Waals surface area (Å²) in [5.74, 6) is 1.51. The SMILES string of the molecule is COc1ccc(OC)c(C(C)(CCO)C(C)(C)N)c1. The molecule has 1 atom stereocenters. The highest BCUT2D eigenvalue weighted by Crippen LogP contribution is 2.42. The molecule has 0 aliphatic rings. The minimum Gasteiger partial charge on any atom is -0.497 e. The summed E-state index contributed by atoms with van der Waals surface area (Å²) in [6, 6.07) is 5.66. The molecule has 0 saturated heterocycles. The highest BCUT2D eigenvalue weighted by atomic mass is 16.5. The third kappa shape index (κ3) is 3.01. The van der Waals surface area contributed by atoms with Gasteiger partial charge < -0.3 is 20.3 Å². The van der Waals surface area contributed by atoms with Gasteiger partial charge in [0.25, 0.3) is 0 Å². The van der Waals surface area contributed by atoms with E-state index in [4.69, 9.17) is 15.2 Å². The number of rotatable bonds is 6. The van der Waals surface area contributed by atoms with Crippen LogP contribution in [0.3, 0.4) is 0 Å². The molecule has 1 rings (SSSR count). The third-order valence-electron chi connectivity index (χ3n) is 4.04. The molecule has 3 N–H and O–H groups in total. The normalized spacial score (nSPS) is 14.9. The molecule has 108 valence electrons. The van der Waals surface area contributed by atoms with Gasteiger partial charge in [-0.2, -0.15) is 0 Å². The monoisotopic (exact) mass is 267 g/mol. The van der Waals surface area contributed by atoms with Crippen molar-refractivity contribution in [3.05, 3.63) is 23.8 Å². The summed E-state index contributed by atoms with van der Waals surface area (Å²) in [7, 11) is 3.26. The van der Waals surface area contributed by atoms with E-state index < -0.39 is 11.0 Å². The van der Waals surface area contributed by atoms with E-state index in [0.717, 1.165) is 17.1 Å². The Balaban J connectivity index is 3.44. The first-order valence-electron chi connectivity index (χ1n) is 6.42. The van der Waals surface area contributed by atoms with E-state index in [-0.39, 0.29) is 6.61 Å². The Bertz CT molecular complexity index is 426. The lowest BCUT2D eigenvalue weighted by Gasteiger charge is -2.42. The van der Waals surface area contributed by atoms with Crippen LogP contribution in [-0.2, 0) is 5.41 Å². The number of benzene rings is 1. The highest BCUT2D eigenvalue weighted by Gasteiger charge is 2.41. The Morgan fingerprint density at radius 1 is 1.16 bits per heavy atom. The Morgan fingerprint density at radius 3 is 2.21 bits per heavy atom. The molecule has 0 fully saturated rings. The minimum atomic E-state index is -0.505. The Morgan fingerprint density at radius 2 is 1.79 bits per heavy atom. The Hall–Kier alpha value is -1.26. The number of hydrogen-bond acceptors (Lipinski definition) is 4. The molecule has 1 aromatic carbocycles. The summed E-state index contributed by atoms with van der Waals surface area (Å²) in [5.41, 5.74) is 6.37. The number of hydrogen-bond donors (Lipinski definition) is 2. The maximum absolute atomic E-state index is 9.39. The first-order valence-corrected chi connectivity index (χ1v) is 6.42. The average Bonchev–Trinajstić information content (AvgIpc) is 2.36. The van der Waals surface area contributed by atoms with Gasteiger partial charge >= 0.3 is 0 Å². The molecule has 0 bridgehead atoms. The van der Waals surface area contributed by atoms with Crippen molar-refractivity contribution in [1.82, 2.24) is 0 Å². The topological polar surface area (TPSA) is 64.7 Å². The quantitative estimate of drug-likeness (QED) is 0.828. The molecule has 4 heteroatoms. The van der Waals surface area contributed by atoms with Crippen LogP contribution >= 0.6 is 0 Å². The zero-order valence-corrected chi connectivity index (χ0v) is 12.5. The summed E-state index contributed by atoms with van der Waals surface area (Å²) in [5, 5.41) is 9.39. The zero-order valence-electron chi connectivity index (χ0n) is 12.5. The van der Waals surface area contributed by atoms with Crippen LogP contribution in [0.2, 0.25) is 0 Å². The molecular formula is C15H25NO3. The zero-order chi connectivity index (χ0) is 14.7. The average molecular weight is 267 g/mol. The van der Waals surface area contributed by atoms with Gasteiger partial charge in [0.2, 0.25) is 0 Å². The van der Waals surface area contributed by atoms with E-state index in [9.17, 15) is 5.11 Å². The van der Waals surface area contributed by atoms with Gasteiger partial charge in [-0.25, -0.2) is 0 Å². The van der Waals surface area contributed by atoms with Gasteiger partial charge in [-0.15, -0.1) is 0 Å². The van der Waals surface area contributed by atoms with E-state index in [2.05, 4.69) is 0 Å². The molecule has 0 heterocycles. The number of nitrogens with two attached hydrogens (primary N) is 1. The van der Waals surface area contributed by atoms with E-state index >= 15 is 0 Å². The number of aliphatic hydroxyl groups excluding tert-OH is 1. The second kappa shape index (κ2) is 5.80. The summed E-state index contributed by atoms with van der Waals surface area (Å²) < 4.78 is 10.7. The van der Waals surface area contributed by atoms with Crippen LogP contribution in [0.25, 0.3) is 0 Å². The van der Waals surface area contributed by atoms with Gasteiger partial charge in [0.15, 0.2) is 0 Å². The van der Waals surface area contributed by atoms with Crippen molar-refractivity contribution in [3.63, 3.8) is 0 Å². The van der Waals surface area contributed by atoms with Crippen molar-refractivity contribution in [2.24, 2.45) is 5.73 Å². The second-order valence-corrected chi connectivity index (χ2v) is 5.59. The predicted octanol–water partition coefficient (Wildman–Crippen LogP) is 2.08. The highest BCUT2D eigenvalue weighted by molar-refractivity contribution is 5.46. The molecule has 19 heavy (non-hydrogen) atoms. The molecule has 0 radical (unpaired) electrons. The van der Waals surface area contributed by atoms with Crippen LogP contribution in [0.15, 0.2) is 18.2 Å². The van der Waals surface area contributed by atoms with Crippen molar-refractivity contribution in [2.45, 2.75) is 38.1 Å². The minimum absolute atomic E-state index is 0.0670. The molecule has 0 aromatic heterocycles. The molecule has 4 nitrogen and oxygen atoms in total. The fourth-order valence-corrected chi connectivity index (χ4v) is 2.27. The van der Waals surface area contributed by atoms with Gasteiger partial charge in [-0.05, 0) is 38.5 Å². The molecule has 0 amide bonds. The number of aliphatic hydroxyl groups is 1. The van der Waals surface area contributed by atoms with E-state index in [1.165, 1.54) is 0 Å². The number of ether oxygens (including phenoxy) is 2. The maximum atomic E-state index is 9.39. The van der Waals surface area contributed by atoms with Gasteiger partial charge in [-0.3, -0.25) is 0 Å². The second-order valence-electron chi connectivity index (χ2n) is 5.59. The van der Waals surface area contributed by atoms with Gasteiger partial charge in [0.1, 0.15) is 11.5 Å². The third-order valence-corrected chi connectivity index (χ3v) is 4.04. The summed E-state index contributed by atoms with van der Waals surface area (Å²) in [4.78, 5) is 0. The van der Waals surface area contributed by atoms with Crippen molar-refractivity contribution in [2.75, 3.05) is 20.8 Å². The fourth-order valence-electron chi connectivity index (χ4n) is 2.27. The summed E-state index contributed by atoms with van der Waals surface area (Å²) >= 11 is 0. The van der Waals surface area contributed by atoms with Crippen LogP contribution in [0, 0.1) is 0 Å². The molecule has 0 aliphatic carbocycles. The van der Waals surface area contributed by atoms with E-state index in [0.29, 0.717) is 6.42 Å². The van der Waals surface area contributed by atoms with Gasteiger partial charge in [0.05, 0.1) is 14.2 Å². The summed E-state index contributed by atoms with van der Waals surface area (Å²) in [6.07, 6.45) is 0.556. The van der Waals surface area contributed by atoms with E-state index in [1.807, 2.05) is 39.0 Å². The first kappa shape index (κ1) is 15.8. The first-order chi connectivity index (χ1) is 8.80. The van der Waals surface area contributed by atoms with Crippen molar-refractivity contribution in [1.29, 1.82) is 0 Å². The largest absolute Gasteiger partial charge is 0.497 e. The maximum Gasteiger partial charge on any atom is 0.122 e. The molecule has 0 aliphatic heterocycles. The summed E-state index contributed by atoms with van der Waals surface area (Å²) in [6.45, 7) is 6.03. The van der Waals surface area contributed by atoms with E-state index in [1.54, 1.807) is 14.2 Å². The predicted molar refractivity (Wildman–Crippen MR) is 76.9 cm³/mol. The van der Waals surface area contributed by atoms with Crippen molar-refractivity contribution >= 4 is 0 Å². The number of methoxy groups -OCH3 is 2. The molecule has 0 spiro atoms. The van der Waals surface area contributed by atoms with Crippen LogP contribution in [0.1, 0.15) is 32.8 Å². The van der Waals surface area contributed by atoms with Crippen molar-refractivity contribution in [3.8, 4) is 11.5 Å². The Kier molecular flexibility index (Phi) is 4.82. The lowest BCUT2D eigenvalue weighted by molar-refractivity contribution is 0.186. The molecular weight excluding hydrogens is 242 g/mol. The Labute approximate surface area is 115 Å². The van der Waals surface area contributed by atoms with Gasteiger partial charge in [0, 0.05) is 23.1 Å². The smallest absolute Gasteiger partial charge is 0.122 e.